The van der Waals surface area contributed by atoms with Crippen LogP contribution in [0.2, 0.25) is 0 Å². The summed E-state index contributed by atoms with van der Waals surface area (Å²) in [6.07, 6.45) is 4.34. The van der Waals surface area contributed by atoms with Gasteiger partial charge < -0.3 is 20.3 Å². The number of hydrogen-bond acceptors (Lipinski definition) is 4. The van der Waals surface area contributed by atoms with Gasteiger partial charge in [-0.25, -0.2) is 4.79 Å². The minimum Gasteiger partial charge on any atom is -0.378 e. The molecule has 0 saturated carbocycles. The molecule has 1 aromatic rings. The number of hydrogen-bond donors (Lipinski definition) is 2. The number of urea groups is 1. The Hall–Kier alpha value is -2.05. The Kier molecular flexibility index (Phi) is 5.72. The maximum absolute atomic E-state index is 12.0. The largest absolute Gasteiger partial charge is 0.378 e. The van der Waals surface area contributed by atoms with Crippen molar-refractivity contribution in [2.75, 3.05) is 51.3 Å². The van der Waals surface area contributed by atoms with Crippen molar-refractivity contribution in [3.63, 3.8) is 0 Å². The maximum Gasteiger partial charge on any atom is 0.315 e. The Morgan fingerprint density at radius 2 is 2.12 bits per heavy atom. The van der Waals surface area contributed by atoms with Gasteiger partial charge in [-0.1, -0.05) is 24.3 Å². The van der Waals surface area contributed by atoms with Crippen LogP contribution in [0.1, 0.15) is 5.56 Å². The summed E-state index contributed by atoms with van der Waals surface area (Å²) < 4.78 is 5.45. The van der Waals surface area contributed by atoms with E-state index in [-0.39, 0.29) is 12.1 Å². The number of benzene rings is 1. The molecule has 2 aliphatic rings. The van der Waals surface area contributed by atoms with Crippen molar-refractivity contribution < 1.29 is 9.53 Å². The third-order valence-corrected chi connectivity index (χ3v) is 4.57. The average molecular weight is 330 g/mol. The van der Waals surface area contributed by atoms with Crippen LogP contribution in [0.4, 0.5) is 10.5 Å². The van der Waals surface area contributed by atoms with Crippen molar-refractivity contribution in [3.8, 4) is 0 Å². The van der Waals surface area contributed by atoms with Gasteiger partial charge in [0, 0.05) is 38.4 Å². The fraction of sp³-hybridized carbons (Fsp3) is 0.500. The fourth-order valence-corrected chi connectivity index (χ4v) is 2.96. The van der Waals surface area contributed by atoms with Crippen LogP contribution in [0.25, 0.3) is 0 Å². The fourth-order valence-electron chi connectivity index (χ4n) is 2.96. The van der Waals surface area contributed by atoms with E-state index in [2.05, 4.69) is 51.8 Å². The van der Waals surface area contributed by atoms with E-state index in [1.807, 2.05) is 12.1 Å². The highest BCUT2D eigenvalue weighted by Gasteiger charge is 2.19. The lowest BCUT2D eigenvalue weighted by Gasteiger charge is -2.32. The topological polar surface area (TPSA) is 56.8 Å². The summed E-state index contributed by atoms with van der Waals surface area (Å²) in [5.74, 6) is 0. The molecule has 1 unspecified atom stereocenters. The number of likely N-dealkylation sites (N-methyl/N-ethyl adjacent to an activating group) is 1. The molecule has 2 heterocycles. The third-order valence-electron chi connectivity index (χ3n) is 4.57. The lowest BCUT2D eigenvalue weighted by molar-refractivity contribution is 0.00739. The van der Waals surface area contributed by atoms with Crippen molar-refractivity contribution >= 4 is 11.7 Å². The first-order valence-electron chi connectivity index (χ1n) is 8.51. The van der Waals surface area contributed by atoms with E-state index in [4.69, 9.17) is 4.74 Å². The van der Waals surface area contributed by atoms with Crippen LogP contribution in [0.3, 0.4) is 0 Å². The summed E-state index contributed by atoms with van der Waals surface area (Å²) >= 11 is 0. The predicted octanol–water partition coefficient (Wildman–Crippen LogP) is 1.19. The first kappa shape index (κ1) is 16.8. The summed E-state index contributed by atoms with van der Waals surface area (Å²) in [6, 6.07) is 8.43. The Bertz CT molecular complexity index is 582. The second-order valence-electron chi connectivity index (χ2n) is 6.32. The van der Waals surface area contributed by atoms with E-state index in [1.165, 1.54) is 5.69 Å². The Morgan fingerprint density at radius 1 is 1.29 bits per heavy atom. The second-order valence-corrected chi connectivity index (χ2v) is 6.32. The maximum atomic E-state index is 12.0. The van der Waals surface area contributed by atoms with Crippen molar-refractivity contribution in [1.29, 1.82) is 0 Å². The Balaban J connectivity index is 1.43. The summed E-state index contributed by atoms with van der Waals surface area (Å²) in [7, 11) is 2.06. The summed E-state index contributed by atoms with van der Waals surface area (Å²) in [6.45, 7) is 5.37. The zero-order valence-electron chi connectivity index (χ0n) is 14.2. The Labute approximate surface area is 143 Å². The molecule has 24 heavy (non-hydrogen) atoms. The van der Waals surface area contributed by atoms with Gasteiger partial charge >= 0.3 is 6.03 Å². The molecule has 6 nitrogen and oxygen atoms in total. The van der Waals surface area contributed by atoms with Gasteiger partial charge in [-0.15, -0.1) is 0 Å². The van der Waals surface area contributed by atoms with Gasteiger partial charge in [0.05, 0.1) is 19.3 Å². The summed E-state index contributed by atoms with van der Waals surface area (Å²) in [4.78, 5) is 16.5. The van der Waals surface area contributed by atoms with E-state index in [9.17, 15) is 4.79 Å². The number of carbonyl (C=O) groups is 1. The molecular weight excluding hydrogens is 304 g/mol. The zero-order chi connectivity index (χ0) is 16.8. The molecular formula is C18H26N4O2. The number of amides is 2. The SMILES string of the molecule is CN1CCOCC1CNC(=O)NCc1cccc(N2CC=CC2)c1. The number of rotatable bonds is 5. The molecule has 1 fully saturated rings. The molecule has 1 atom stereocenters. The van der Waals surface area contributed by atoms with E-state index >= 15 is 0 Å². The third kappa shape index (κ3) is 4.49. The quantitative estimate of drug-likeness (QED) is 0.797. The van der Waals surface area contributed by atoms with Gasteiger partial charge in [0.2, 0.25) is 0 Å². The van der Waals surface area contributed by atoms with Gasteiger partial charge in [0.25, 0.3) is 0 Å². The minimum absolute atomic E-state index is 0.137. The summed E-state index contributed by atoms with van der Waals surface area (Å²) in [5.41, 5.74) is 2.30. The molecule has 1 saturated heterocycles. The molecule has 0 aliphatic carbocycles. The van der Waals surface area contributed by atoms with Gasteiger partial charge in [0.15, 0.2) is 0 Å². The number of carbonyl (C=O) groups excluding carboxylic acids is 1. The number of ether oxygens (including phenoxy) is 1. The Morgan fingerprint density at radius 3 is 2.92 bits per heavy atom. The molecule has 0 aromatic heterocycles. The molecule has 2 amide bonds. The minimum atomic E-state index is -0.137. The molecule has 3 rings (SSSR count). The molecule has 0 spiro atoms. The predicted molar refractivity (Wildman–Crippen MR) is 95.3 cm³/mol. The first-order valence-corrected chi connectivity index (χ1v) is 8.51. The smallest absolute Gasteiger partial charge is 0.315 e. The van der Waals surface area contributed by atoms with E-state index in [0.29, 0.717) is 19.7 Å². The van der Waals surface area contributed by atoms with Gasteiger partial charge in [-0.3, -0.25) is 4.90 Å². The lowest BCUT2D eigenvalue weighted by atomic mass is 10.2. The average Bonchev–Trinajstić information content (AvgIpc) is 3.14. The van der Waals surface area contributed by atoms with Crippen LogP contribution < -0.4 is 15.5 Å². The van der Waals surface area contributed by atoms with Crippen LogP contribution in [0.15, 0.2) is 36.4 Å². The molecule has 1 aromatic carbocycles. The second kappa shape index (κ2) is 8.17. The molecule has 0 radical (unpaired) electrons. The lowest BCUT2D eigenvalue weighted by Crippen LogP contribution is -2.50. The van der Waals surface area contributed by atoms with Crippen molar-refractivity contribution in [2.45, 2.75) is 12.6 Å². The zero-order valence-corrected chi connectivity index (χ0v) is 14.2. The van der Waals surface area contributed by atoms with Crippen molar-refractivity contribution in [2.24, 2.45) is 0 Å². The highest BCUT2D eigenvalue weighted by Crippen LogP contribution is 2.18. The standard InChI is InChI=1S/C18H26N4O2/c1-21-9-10-24-14-17(21)13-20-18(23)19-12-15-5-4-6-16(11-15)22-7-2-3-8-22/h2-6,11,17H,7-10,12-14H2,1H3,(H2,19,20,23). The van der Waals surface area contributed by atoms with Crippen LogP contribution in [0, 0.1) is 0 Å². The molecule has 6 heteroatoms. The van der Waals surface area contributed by atoms with E-state index in [0.717, 1.165) is 31.8 Å². The monoisotopic (exact) mass is 330 g/mol. The first-order chi connectivity index (χ1) is 11.7. The van der Waals surface area contributed by atoms with Gasteiger partial charge in [0.1, 0.15) is 0 Å². The van der Waals surface area contributed by atoms with Crippen molar-refractivity contribution in [3.05, 3.63) is 42.0 Å². The van der Waals surface area contributed by atoms with Gasteiger partial charge in [-0.2, -0.15) is 0 Å². The highest BCUT2D eigenvalue weighted by atomic mass is 16.5. The molecule has 0 bridgehead atoms. The van der Waals surface area contributed by atoms with Crippen LogP contribution in [0.5, 0.6) is 0 Å². The number of morpholine rings is 1. The normalized spacial score (nSPS) is 21.0. The van der Waals surface area contributed by atoms with Crippen LogP contribution in [-0.4, -0.2) is 63.4 Å². The number of nitrogens with zero attached hydrogens (tertiary/aromatic N) is 2. The number of nitrogens with one attached hydrogen (secondary N) is 2. The molecule has 2 aliphatic heterocycles. The molecule has 130 valence electrons. The number of anilines is 1. The van der Waals surface area contributed by atoms with E-state index < -0.39 is 0 Å². The van der Waals surface area contributed by atoms with Crippen LogP contribution >= 0.6 is 0 Å². The van der Waals surface area contributed by atoms with Crippen LogP contribution in [-0.2, 0) is 11.3 Å². The van der Waals surface area contributed by atoms with E-state index in [1.54, 1.807) is 0 Å². The highest BCUT2D eigenvalue weighted by molar-refractivity contribution is 5.73. The molecule has 2 N–H and O–H groups in total. The van der Waals surface area contributed by atoms with Crippen molar-refractivity contribution in [1.82, 2.24) is 15.5 Å². The van der Waals surface area contributed by atoms with Gasteiger partial charge in [-0.05, 0) is 24.7 Å². The summed E-state index contributed by atoms with van der Waals surface area (Å²) in [5, 5.41) is 5.86.